The zero-order valence-corrected chi connectivity index (χ0v) is 10.2. The monoisotopic (exact) mass is 267 g/mol. The van der Waals surface area contributed by atoms with Crippen LogP contribution < -0.4 is 0 Å². The zero-order valence-electron chi connectivity index (χ0n) is 9.43. The molecule has 0 amide bonds. The second kappa shape index (κ2) is 5.67. The molecule has 3 N–H and O–H groups in total. The Bertz CT molecular complexity index is 475. The summed E-state index contributed by atoms with van der Waals surface area (Å²) < 4.78 is 5.36. The molecule has 4 atom stereocenters. The van der Waals surface area contributed by atoms with Crippen LogP contribution in [0.25, 0.3) is 0 Å². The fourth-order valence-corrected chi connectivity index (χ4v) is 2.06. The Morgan fingerprint density at radius 3 is 2.67 bits per heavy atom. The SMILES string of the molecule is O[C@@H]1[C@@H](O)[C@H](c2ccccc2N=C=S)OC[C@H]1O. The zero-order chi connectivity index (χ0) is 13.1. The van der Waals surface area contributed by atoms with Crippen molar-refractivity contribution < 1.29 is 20.1 Å². The van der Waals surface area contributed by atoms with Crippen molar-refractivity contribution in [3.8, 4) is 0 Å². The van der Waals surface area contributed by atoms with Crippen LogP contribution in [-0.4, -0.2) is 45.4 Å². The standard InChI is InChI=1S/C12H13NO4S/c14-9-5-17-12(11(16)10(9)15)7-3-1-2-4-8(7)13-6-18/h1-4,9-12,14-16H,5H2/t9-,10+,11-,12+/m1/s1. The molecular weight excluding hydrogens is 254 g/mol. The van der Waals surface area contributed by atoms with E-state index in [9.17, 15) is 15.3 Å². The molecule has 96 valence electrons. The Morgan fingerprint density at radius 1 is 1.22 bits per heavy atom. The Kier molecular flexibility index (Phi) is 4.19. The van der Waals surface area contributed by atoms with E-state index in [0.29, 0.717) is 11.3 Å². The summed E-state index contributed by atoms with van der Waals surface area (Å²) >= 11 is 4.56. The predicted octanol–water partition coefficient (Wildman–Crippen LogP) is 0.575. The Balaban J connectivity index is 2.34. The van der Waals surface area contributed by atoms with E-state index in [2.05, 4.69) is 22.4 Å². The smallest absolute Gasteiger partial charge is 0.113 e. The van der Waals surface area contributed by atoms with Crippen LogP contribution >= 0.6 is 12.2 Å². The Hall–Kier alpha value is -1.14. The first-order chi connectivity index (χ1) is 8.65. The van der Waals surface area contributed by atoms with Crippen LogP contribution in [0.3, 0.4) is 0 Å². The van der Waals surface area contributed by atoms with E-state index >= 15 is 0 Å². The number of aliphatic hydroxyl groups excluding tert-OH is 3. The van der Waals surface area contributed by atoms with Gasteiger partial charge in [0.25, 0.3) is 0 Å². The number of isothiocyanates is 1. The first-order valence-electron chi connectivity index (χ1n) is 5.47. The molecule has 1 aromatic rings. The number of benzene rings is 1. The fourth-order valence-electron chi connectivity index (χ4n) is 1.96. The van der Waals surface area contributed by atoms with E-state index < -0.39 is 24.4 Å². The van der Waals surface area contributed by atoms with Gasteiger partial charge in [-0.2, -0.15) is 4.99 Å². The number of ether oxygens (including phenoxy) is 1. The van der Waals surface area contributed by atoms with Gasteiger partial charge >= 0.3 is 0 Å². The summed E-state index contributed by atoms with van der Waals surface area (Å²) in [7, 11) is 0. The van der Waals surface area contributed by atoms with Crippen molar-refractivity contribution in [1.82, 2.24) is 0 Å². The molecule has 1 fully saturated rings. The summed E-state index contributed by atoms with van der Waals surface area (Å²) in [6.45, 7) is -0.0431. The number of hydrogen-bond acceptors (Lipinski definition) is 6. The molecule has 1 heterocycles. The minimum absolute atomic E-state index is 0.0431. The maximum Gasteiger partial charge on any atom is 0.113 e. The van der Waals surface area contributed by atoms with Gasteiger partial charge in [0.1, 0.15) is 24.4 Å². The van der Waals surface area contributed by atoms with Crippen molar-refractivity contribution in [2.75, 3.05) is 6.61 Å². The maximum absolute atomic E-state index is 9.93. The lowest BCUT2D eigenvalue weighted by molar-refractivity contribution is -0.189. The molecule has 6 heteroatoms. The van der Waals surface area contributed by atoms with Crippen LogP contribution in [0.1, 0.15) is 11.7 Å². The van der Waals surface area contributed by atoms with Crippen molar-refractivity contribution in [2.24, 2.45) is 4.99 Å². The molecule has 0 aliphatic carbocycles. The minimum Gasteiger partial charge on any atom is -0.388 e. The quantitative estimate of drug-likeness (QED) is 0.539. The van der Waals surface area contributed by atoms with Gasteiger partial charge in [0.05, 0.1) is 17.5 Å². The topological polar surface area (TPSA) is 82.3 Å². The number of rotatable bonds is 2. The molecule has 5 nitrogen and oxygen atoms in total. The molecule has 0 spiro atoms. The number of hydrogen-bond donors (Lipinski definition) is 3. The van der Waals surface area contributed by atoms with Crippen LogP contribution in [0.2, 0.25) is 0 Å². The summed E-state index contributed by atoms with van der Waals surface area (Å²) in [5, 5.41) is 31.2. The Labute approximate surface area is 109 Å². The molecule has 1 saturated heterocycles. The lowest BCUT2D eigenvalue weighted by atomic mass is 9.94. The first-order valence-corrected chi connectivity index (χ1v) is 5.88. The van der Waals surface area contributed by atoms with Crippen molar-refractivity contribution in [3.05, 3.63) is 29.8 Å². The molecular formula is C12H13NO4S. The molecule has 0 unspecified atom stereocenters. The first kappa shape index (κ1) is 13.3. The third kappa shape index (κ3) is 2.49. The number of para-hydroxylation sites is 1. The van der Waals surface area contributed by atoms with Crippen molar-refractivity contribution in [3.63, 3.8) is 0 Å². The third-order valence-electron chi connectivity index (χ3n) is 2.91. The van der Waals surface area contributed by atoms with Crippen LogP contribution in [0.4, 0.5) is 5.69 Å². The van der Waals surface area contributed by atoms with Gasteiger partial charge in [0, 0.05) is 5.56 Å². The van der Waals surface area contributed by atoms with Gasteiger partial charge in [0.15, 0.2) is 0 Å². The van der Waals surface area contributed by atoms with E-state index in [1.165, 1.54) is 0 Å². The average Bonchev–Trinajstić information content (AvgIpc) is 2.38. The number of thiocarbonyl (C=S) groups is 1. The number of aliphatic imine (C=N–C) groups is 1. The lowest BCUT2D eigenvalue weighted by Gasteiger charge is -2.35. The predicted molar refractivity (Wildman–Crippen MR) is 67.8 cm³/mol. The summed E-state index contributed by atoms with van der Waals surface area (Å²) in [5.74, 6) is 0. The number of aliphatic hydroxyl groups is 3. The molecule has 1 aromatic carbocycles. The van der Waals surface area contributed by atoms with Crippen molar-refractivity contribution in [1.29, 1.82) is 0 Å². The van der Waals surface area contributed by atoms with Crippen molar-refractivity contribution in [2.45, 2.75) is 24.4 Å². The summed E-state index contributed by atoms with van der Waals surface area (Å²) in [4.78, 5) is 3.89. The fraction of sp³-hybridized carbons (Fsp3) is 0.417. The van der Waals surface area contributed by atoms with Crippen LogP contribution in [-0.2, 0) is 4.74 Å². The highest BCUT2D eigenvalue weighted by atomic mass is 32.1. The van der Waals surface area contributed by atoms with E-state index in [1.54, 1.807) is 24.3 Å². The second-order valence-electron chi connectivity index (χ2n) is 4.06. The molecule has 0 bridgehead atoms. The van der Waals surface area contributed by atoms with E-state index in [-0.39, 0.29) is 6.61 Å². The molecule has 1 aliphatic rings. The molecule has 2 rings (SSSR count). The largest absolute Gasteiger partial charge is 0.388 e. The van der Waals surface area contributed by atoms with Crippen molar-refractivity contribution >= 4 is 23.1 Å². The van der Waals surface area contributed by atoms with Gasteiger partial charge in [-0.3, -0.25) is 0 Å². The molecule has 18 heavy (non-hydrogen) atoms. The van der Waals surface area contributed by atoms with Gasteiger partial charge in [-0.15, -0.1) is 0 Å². The maximum atomic E-state index is 9.93. The van der Waals surface area contributed by atoms with E-state index in [0.717, 1.165) is 0 Å². The van der Waals surface area contributed by atoms with Gasteiger partial charge in [-0.1, -0.05) is 18.2 Å². The molecule has 0 saturated carbocycles. The third-order valence-corrected chi connectivity index (χ3v) is 3.00. The summed E-state index contributed by atoms with van der Waals surface area (Å²) in [6.07, 6.45) is -4.28. The highest BCUT2D eigenvalue weighted by Crippen LogP contribution is 2.34. The minimum atomic E-state index is -1.24. The highest BCUT2D eigenvalue weighted by molar-refractivity contribution is 7.78. The van der Waals surface area contributed by atoms with E-state index in [4.69, 9.17) is 4.74 Å². The Morgan fingerprint density at radius 2 is 1.94 bits per heavy atom. The van der Waals surface area contributed by atoms with Gasteiger partial charge < -0.3 is 20.1 Å². The molecule has 0 radical (unpaired) electrons. The summed E-state index contributed by atoms with van der Waals surface area (Å²) in [6, 6.07) is 6.98. The van der Waals surface area contributed by atoms with Crippen LogP contribution in [0, 0.1) is 0 Å². The van der Waals surface area contributed by atoms with Gasteiger partial charge in [-0.25, -0.2) is 0 Å². The van der Waals surface area contributed by atoms with Gasteiger partial charge in [-0.05, 0) is 18.3 Å². The highest BCUT2D eigenvalue weighted by Gasteiger charge is 2.39. The van der Waals surface area contributed by atoms with Gasteiger partial charge in [0.2, 0.25) is 0 Å². The molecule has 0 aromatic heterocycles. The van der Waals surface area contributed by atoms with Crippen LogP contribution in [0.15, 0.2) is 29.3 Å². The molecule has 1 aliphatic heterocycles. The van der Waals surface area contributed by atoms with E-state index in [1.807, 2.05) is 0 Å². The second-order valence-corrected chi connectivity index (χ2v) is 4.25. The summed E-state index contributed by atoms with van der Waals surface area (Å²) in [5.41, 5.74) is 1.13. The number of nitrogens with zero attached hydrogens (tertiary/aromatic N) is 1. The van der Waals surface area contributed by atoms with Crippen LogP contribution in [0.5, 0.6) is 0 Å². The lowest BCUT2D eigenvalue weighted by Crippen LogP contribution is -2.49. The normalized spacial score (nSPS) is 31.7. The average molecular weight is 267 g/mol.